The van der Waals surface area contributed by atoms with Crippen LogP contribution in [0.4, 0.5) is 32.5 Å². The van der Waals surface area contributed by atoms with Gasteiger partial charge in [0.05, 0.1) is 75.4 Å². The first-order chi connectivity index (χ1) is 37.5. The van der Waals surface area contributed by atoms with Crippen LogP contribution in [0.1, 0.15) is 0 Å². The lowest BCUT2D eigenvalue weighted by Gasteiger charge is -2.07. The van der Waals surface area contributed by atoms with Crippen LogP contribution < -0.4 is 22.1 Å². The molecule has 0 radical (unpaired) electrons. The average molecular weight is 1070 g/mol. The van der Waals surface area contributed by atoms with Crippen molar-refractivity contribution >= 4 is 91.4 Å². The average Bonchev–Trinajstić information content (AvgIpc) is 4.27. The molecule has 0 aliphatic heterocycles. The number of rotatable bonds is 8. The number of anilines is 4. The summed E-state index contributed by atoms with van der Waals surface area (Å²) in [7, 11) is 2.56. The van der Waals surface area contributed by atoms with E-state index in [0.717, 1.165) is 0 Å². The summed E-state index contributed by atoms with van der Waals surface area (Å²) in [5, 5.41) is 29.7. The molecule has 0 aliphatic carbocycles. The molecular formula is C52H36Cl2N16O7. The number of nitrogens with zero attached hydrogens (tertiary/aromatic N) is 12. The predicted octanol–water partition coefficient (Wildman–Crippen LogP) is 10.9. The van der Waals surface area contributed by atoms with E-state index >= 15 is 0 Å². The quantitative estimate of drug-likeness (QED) is 0.103. The third kappa shape index (κ3) is 11.1. The summed E-state index contributed by atoms with van der Waals surface area (Å²) in [5.41, 5.74) is 20.1. The van der Waals surface area contributed by atoms with Gasteiger partial charge >= 0.3 is 12.2 Å². The summed E-state index contributed by atoms with van der Waals surface area (Å²) in [4.78, 5) is 49.3. The number of nitrogens with two attached hydrogens (primary N) is 2. The molecule has 0 atom stereocenters. The second-order valence-electron chi connectivity index (χ2n) is 15.8. The molecule has 0 fully saturated rings. The number of ether oxygens (including phenoxy) is 2. The Morgan fingerprint density at radius 3 is 1.13 bits per heavy atom. The Morgan fingerprint density at radius 1 is 0.403 bits per heavy atom. The number of hydrogen-bond acceptors (Lipinski definition) is 21. The minimum Gasteiger partial charge on any atom is -0.453 e. The van der Waals surface area contributed by atoms with Crippen molar-refractivity contribution in [2.45, 2.75) is 0 Å². The maximum Gasteiger partial charge on any atom is 0.411 e. The number of para-hydroxylation sites is 9. The maximum atomic E-state index is 11.5. The number of fused-ring (bicyclic) bond motifs is 3. The number of hydrogen-bond donors (Lipinski definition) is 4. The van der Waals surface area contributed by atoms with Gasteiger partial charge < -0.3 is 34.2 Å². The maximum absolute atomic E-state index is 11.5. The van der Waals surface area contributed by atoms with Crippen LogP contribution in [0.25, 0.3) is 102 Å². The van der Waals surface area contributed by atoms with E-state index in [2.05, 4.69) is 80.6 Å². The molecule has 0 saturated carbocycles. The fourth-order valence-corrected chi connectivity index (χ4v) is 7.68. The number of nitrogens with one attached hydrogen (secondary N) is 2. The van der Waals surface area contributed by atoms with Crippen LogP contribution in [-0.2, 0) is 9.47 Å². The van der Waals surface area contributed by atoms with E-state index in [1.807, 2.05) is 84.9 Å². The van der Waals surface area contributed by atoms with Crippen LogP contribution in [-0.4, -0.2) is 86.9 Å². The monoisotopic (exact) mass is 1070 g/mol. The first-order valence-electron chi connectivity index (χ1n) is 22.7. The Balaban J connectivity index is 0.000000131. The highest BCUT2D eigenvalue weighted by Gasteiger charge is 2.22. The van der Waals surface area contributed by atoms with Gasteiger partial charge in [-0.05, 0) is 72.8 Å². The normalized spacial score (nSPS) is 10.8. The van der Waals surface area contributed by atoms with Gasteiger partial charge in [-0.2, -0.15) is 0 Å². The number of amides is 2. The second kappa shape index (κ2) is 22.3. The van der Waals surface area contributed by atoms with Gasteiger partial charge in [-0.25, -0.2) is 39.5 Å². The molecule has 25 heteroatoms. The standard InChI is InChI=1S/C18H12ClN5O3.C18H14N6O3.C16H10ClN5O/c2*1-26-18(25)22-11-7-3-2-6-10(11)16-23-24-17(27-16)14-15(19)21-13-9-5-4-8-12(13)20-14;17-14-13(19-11-7-3-4-8-12(11)20-14)16-22-21-15(23-16)9-5-1-2-6-10(9)18/h2-9H,1H3,(H,22,25);2-9H,1H3,(H2,19,21)(H,22,25);1-8H,18H2. The van der Waals surface area contributed by atoms with Gasteiger partial charge in [0.15, 0.2) is 33.2 Å². The van der Waals surface area contributed by atoms with Crippen molar-refractivity contribution in [1.82, 2.24) is 60.5 Å². The molecule has 6 heterocycles. The molecule has 0 unspecified atom stereocenters. The Labute approximate surface area is 443 Å². The number of benzene rings is 6. The molecule has 0 saturated heterocycles. The second-order valence-corrected chi connectivity index (χ2v) is 16.5. The molecular weight excluding hydrogens is 1030 g/mol. The highest BCUT2D eigenvalue weighted by Crippen LogP contribution is 2.34. The number of halogens is 2. The lowest BCUT2D eigenvalue weighted by molar-refractivity contribution is 0.186. The molecule has 2 amide bonds. The third-order valence-corrected chi connectivity index (χ3v) is 11.4. The largest absolute Gasteiger partial charge is 0.453 e. The van der Waals surface area contributed by atoms with Gasteiger partial charge in [0.25, 0.3) is 17.7 Å². The van der Waals surface area contributed by atoms with Gasteiger partial charge in [-0.3, -0.25) is 10.6 Å². The van der Waals surface area contributed by atoms with Gasteiger partial charge in [-0.1, -0.05) is 96.0 Å². The topological polar surface area (TPSA) is 323 Å². The zero-order valence-electron chi connectivity index (χ0n) is 40.0. The molecule has 12 rings (SSSR count). The Kier molecular flexibility index (Phi) is 14.5. The minimum atomic E-state index is -0.606. The SMILES string of the molecule is COC(=O)Nc1ccccc1-c1nnc(-c2nc3ccccc3nc2Cl)o1.COC(=O)Nc1ccccc1-c1nnc(-c2nc3ccccc3nc2N)o1.Nc1ccccc1-c1nnc(-c2nc3ccccc3nc2Cl)o1. The van der Waals surface area contributed by atoms with Crippen molar-refractivity contribution in [2.75, 3.05) is 36.3 Å². The molecule has 23 nitrogen and oxygen atoms in total. The Bertz CT molecular complexity index is 3960. The highest BCUT2D eigenvalue weighted by atomic mass is 35.5. The first kappa shape index (κ1) is 50.0. The van der Waals surface area contributed by atoms with E-state index in [0.29, 0.717) is 84.1 Å². The summed E-state index contributed by atoms with van der Waals surface area (Å²) < 4.78 is 26.4. The van der Waals surface area contributed by atoms with E-state index in [-0.39, 0.29) is 51.3 Å². The molecule has 77 heavy (non-hydrogen) atoms. The van der Waals surface area contributed by atoms with Crippen molar-refractivity contribution < 1.29 is 32.3 Å². The summed E-state index contributed by atoms with van der Waals surface area (Å²) in [5.74, 6) is 1.35. The zero-order valence-corrected chi connectivity index (χ0v) is 41.5. The first-order valence-corrected chi connectivity index (χ1v) is 23.4. The van der Waals surface area contributed by atoms with Crippen LogP contribution in [0.5, 0.6) is 0 Å². The van der Waals surface area contributed by atoms with Gasteiger partial charge in [0.2, 0.25) is 17.7 Å². The van der Waals surface area contributed by atoms with Crippen molar-refractivity contribution in [3.05, 3.63) is 156 Å². The van der Waals surface area contributed by atoms with Gasteiger partial charge in [-0.15, -0.1) is 30.6 Å². The number of methoxy groups -OCH3 is 2. The van der Waals surface area contributed by atoms with Crippen molar-refractivity contribution in [1.29, 1.82) is 0 Å². The summed E-state index contributed by atoms with van der Waals surface area (Å²) in [6, 6.07) is 43.3. The van der Waals surface area contributed by atoms with Crippen LogP contribution in [0, 0.1) is 0 Å². The van der Waals surface area contributed by atoms with Crippen molar-refractivity contribution in [3.63, 3.8) is 0 Å². The fourth-order valence-electron chi connectivity index (χ4n) is 7.25. The molecule has 6 aromatic carbocycles. The van der Waals surface area contributed by atoms with E-state index in [1.165, 1.54) is 14.2 Å². The molecule has 6 N–H and O–H groups in total. The molecule has 6 aromatic heterocycles. The van der Waals surface area contributed by atoms with E-state index in [1.54, 1.807) is 60.7 Å². The minimum absolute atomic E-state index is 0.126. The van der Waals surface area contributed by atoms with Crippen molar-refractivity contribution in [3.8, 4) is 69.1 Å². The van der Waals surface area contributed by atoms with Crippen LogP contribution in [0.2, 0.25) is 10.3 Å². The lowest BCUT2D eigenvalue weighted by Crippen LogP contribution is -2.11. The number of carbonyl (C=O) groups excluding carboxylic acids is 2. The molecule has 0 aliphatic rings. The Hall–Kier alpha value is -10.5. The number of nitrogen functional groups attached to an aromatic ring is 2. The summed E-state index contributed by atoms with van der Waals surface area (Å²) >= 11 is 12.4. The molecule has 0 spiro atoms. The highest BCUT2D eigenvalue weighted by molar-refractivity contribution is 6.32. The molecule has 12 aromatic rings. The van der Waals surface area contributed by atoms with Crippen LogP contribution >= 0.6 is 23.2 Å². The van der Waals surface area contributed by atoms with Crippen LogP contribution in [0.3, 0.4) is 0 Å². The lowest BCUT2D eigenvalue weighted by atomic mass is 10.2. The summed E-state index contributed by atoms with van der Waals surface area (Å²) in [6.45, 7) is 0. The molecule has 0 bridgehead atoms. The van der Waals surface area contributed by atoms with Crippen LogP contribution in [0.15, 0.2) is 159 Å². The number of carbonyl (C=O) groups is 2. The van der Waals surface area contributed by atoms with E-state index in [4.69, 9.17) is 47.9 Å². The van der Waals surface area contributed by atoms with E-state index in [9.17, 15) is 9.59 Å². The van der Waals surface area contributed by atoms with E-state index < -0.39 is 12.2 Å². The van der Waals surface area contributed by atoms with Gasteiger partial charge in [0, 0.05) is 5.69 Å². The fraction of sp³-hybridized carbons (Fsp3) is 0.0385. The smallest absolute Gasteiger partial charge is 0.411 e. The number of aromatic nitrogens is 12. The predicted molar refractivity (Wildman–Crippen MR) is 286 cm³/mol. The third-order valence-electron chi connectivity index (χ3n) is 10.9. The summed E-state index contributed by atoms with van der Waals surface area (Å²) in [6.07, 6.45) is -1.21. The Morgan fingerprint density at radius 2 is 0.714 bits per heavy atom. The molecule has 380 valence electrons. The van der Waals surface area contributed by atoms with Crippen molar-refractivity contribution in [2.24, 2.45) is 0 Å². The van der Waals surface area contributed by atoms with Gasteiger partial charge in [0.1, 0.15) is 0 Å². The zero-order chi connectivity index (χ0) is 53.4.